The Balaban J connectivity index is 1.45. The molecule has 0 radical (unpaired) electrons. The number of nitrogens with zero attached hydrogens (tertiary/aromatic N) is 1. The molecule has 0 bridgehead atoms. The second-order valence-corrected chi connectivity index (χ2v) is 6.41. The van der Waals surface area contributed by atoms with E-state index in [0.717, 1.165) is 25.3 Å². The third-order valence-electron chi connectivity index (χ3n) is 4.38. The Morgan fingerprint density at radius 3 is 2.52 bits per heavy atom. The van der Waals surface area contributed by atoms with E-state index in [2.05, 4.69) is 17.0 Å². The summed E-state index contributed by atoms with van der Waals surface area (Å²) in [7, 11) is 0. The lowest BCUT2D eigenvalue weighted by molar-refractivity contribution is 0.0452. The van der Waals surface area contributed by atoms with Crippen molar-refractivity contribution in [2.75, 3.05) is 26.2 Å². The van der Waals surface area contributed by atoms with Gasteiger partial charge in [-0.3, -0.25) is 4.90 Å². The van der Waals surface area contributed by atoms with Crippen molar-refractivity contribution in [1.29, 1.82) is 0 Å². The maximum absolute atomic E-state index is 10.4. The van der Waals surface area contributed by atoms with Crippen LogP contribution in [-0.4, -0.2) is 42.4 Å². The summed E-state index contributed by atoms with van der Waals surface area (Å²) in [5, 5.41) is 11.2. The minimum absolute atomic E-state index is 0.240. The van der Waals surface area contributed by atoms with Crippen molar-refractivity contribution in [3.8, 4) is 5.75 Å². The van der Waals surface area contributed by atoms with Crippen LogP contribution in [0.2, 0.25) is 5.02 Å². The van der Waals surface area contributed by atoms with Crippen LogP contribution in [-0.2, 0) is 0 Å². The summed E-state index contributed by atoms with van der Waals surface area (Å²) in [4.78, 5) is 2.26. The highest BCUT2D eigenvalue weighted by molar-refractivity contribution is 6.30. The topological polar surface area (TPSA) is 32.7 Å². The molecule has 0 unspecified atom stereocenters. The van der Waals surface area contributed by atoms with E-state index in [1.165, 1.54) is 5.56 Å². The molecular formula is C19H22ClNO2. The molecule has 1 saturated heterocycles. The number of likely N-dealkylation sites (tertiary alicyclic amines) is 1. The highest BCUT2D eigenvalue weighted by Gasteiger charge is 2.28. The first-order valence-corrected chi connectivity index (χ1v) is 8.44. The fourth-order valence-corrected chi connectivity index (χ4v) is 3.24. The first-order valence-electron chi connectivity index (χ1n) is 8.06. The second kappa shape index (κ2) is 7.82. The fourth-order valence-electron chi connectivity index (χ4n) is 3.11. The minimum Gasteiger partial charge on any atom is -0.492 e. The first-order chi connectivity index (χ1) is 11.2. The molecule has 0 saturated carbocycles. The van der Waals surface area contributed by atoms with Crippen LogP contribution in [0.3, 0.4) is 0 Å². The van der Waals surface area contributed by atoms with Gasteiger partial charge in [-0.05, 0) is 42.8 Å². The Morgan fingerprint density at radius 2 is 1.83 bits per heavy atom. The smallest absolute Gasteiger partial charge is 0.119 e. The molecule has 0 spiro atoms. The molecule has 1 N–H and O–H groups in total. The van der Waals surface area contributed by atoms with Gasteiger partial charge in [0, 0.05) is 24.0 Å². The van der Waals surface area contributed by atoms with Crippen LogP contribution in [0.5, 0.6) is 5.75 Å². The molecule has 0 aliphatic carbocycles. The molecule has 2 aromatic carbocycles. The van der Waals surface area contributed by atoms with Gasteiger partial charge in [0.2, 0.25) is 0 Å². The van der Waals surface area contributed by atoms with E-state index >= 15 is 0 Å². The number of piperidine rings is 1. The number of ether oxygens (including phenoxy) is 1. The lowest BCUT2D eigenvalue weighted by Crippen LogP contribution is -2.44. The van der Waals surface area contributed by atoms with Crippen molar-refractivity contribution in [2.45, 2.75) is 18.4 Å². The van der Waals surface area contributed by atoms with Crippen molar-refractivity contribution in [3.05, 3.63) is 65.2 Å². The lowest BCUT2D eigenvalue weighted by Gasteiger charge is -2.36. The Bertz CT molecular complexity index is 603. The largest absolute Gasteiger partial charge is 0.492 e. The van der Waals surface area contributed by atoms with Crippen molar-refractivity contribution >= 4 is 11.6 Å². The van der Waals surface area contributed by atoms with E-state index in [4.69, 9.17) is 16.3 Å². The maximum Gasteiger partial charge on any atom is 0.119 e. The van der Waals surface area contributed by atoms with Crippen LogP contribution in [0.15, 0.2) is 54.6 Å². The quantitative estimate of drug-likeness (QED) is 0.909. The summed E-state index contributed by atoms with van der Waals surface area (Å²) in [5.74, 6) is 1.07. The Labute approximate surface area is 142 Å². The number of aliphatic hydroxyl groups excluding tert-OH is 1. The lowest BCUT2D eigenvalue weighted by atomic mass is 9.87. The first kappa shape index (κ1) is 16.3. The number of hydrogen-bond acceptors (Lipinski definition) is 3. The zero-order chi connectivity index (χ0) is 16.1. The number of rotatable bonds is 5. The van der Waals surface area contributed by atoms with Gasteiger partial charge < -0.3 is 9.84 Å². The molecule has 1 aliphatic rings. The van der Waals surface area contributed by atoms with E-state index in [0.29, 0.717) is 18.2 Å². The molecule has 122 valence electrons. The molecule has 1 heterocycles. The molecule has 3 rings (SSSR count). The van der Waals surface area contributed by atoms with Gasteiger partial charge in [-0.25, -0.2) is 0 Å². The highest BCUT2D eigenvalue weighted by atomic mass is 35.5. The number of hydrogen-bond donors (Lipinski definition) is 1. The Hall–Kier alpha value is -1.55. The van der Waals surface area contributed by atoms with E-state index in [9.17, 15) is 5.11 Å². The van der Waals surface area contributed by atoms with Crippen molar-refractivity contribution in [1.82, 2.24) is 4.90 Å². The Kier molecular flexibility index (Phi) is 5.55. The summed E-state index contributed by atoms with van der Waals surface area (Å²) in [5.41, 5.74) is 1.23. The van der Waals surface area contributed by atoms with Crippen LogP contribution in [0.4, 0.5) is 0 Å². The van der Waals surface area contributed by atoms with Gasteiger partial charge in [-0.2, -0.15) is 0 Å². The predicted octanol–water partition coefficient (Wildman–Crippen LogP) is 3.57. The van der Waals surface area contributed by atoms with E-state index < -0.39 is 0 Å². The molecule has 0 aromatic heterocycles. The molecule has 4 heteroatoms. The molecule has 0 amide bonds. The number of halogens is 1. The summed E-state index contributed by atoms with van der Waals surface area (Å²) in [6.45, 7) is 3.12. The van der Waals surface area contributed by atoms with Gasteiger partial charge in [-0.1, -0.05) is 41.9 Å². The van der Waals surface area contributed by atoms with E-state index in [-0.39, 0.29) is 12.0 Å². The highest BCUT2D eigenvalue weighted by Crippen LogP contribution is 2.28. The van der Waals surface area contributed by atoms with E-state index in [1.807, 2.05) is 42.5 Å². The third-order valence-corrected chi connectivity index (χ3v) is 4.64. The SMILES string of the molecule is O[C@@H]1CN(CCOc2ccc(Cl)cc2)CC[C@H]1c1ccccc1. The molecule has 1 fully saturated rings. The molecule has 23 heavy (non-hydrogen) atoms. The third kappa shape index (κ3) is 4.47. The molecular weight excluding hydrogens is 310 g/mol. The average molecular weight is 332 g/mol. The molecule has 1 aliphatic heterocycles. The van der Waals surface area contributed by atoms with Crippen molar-refractivity contribution < 1.29 is 9.84 Å². The number of aliphatic hydroxyl groups is 1. The minimum atomic E-state index is -0.318. The predicted molar refractivity (Wildman–Crippen MR) is 93.2 cm³/mol. The van der Waals surface area contributed by atoms with Gasteiger partial charge in [0.15, 0.2) is 0 Å². The second-order valence-electron chi connectivity index (χ2n) is 5.98. The van der Waals surface area contributed by atoms with Crippen LogP contribution < -0.4 is 4.74 Å². The standard InChI is InChI=1S/C19H22ClNO2/c20-16-6-8-17(9-7-16)23-13-12-21-11-10-18(19(22)14-21)15-4-2-1-3-5-15/h1-9,18-19,22H,10-14H2/t18-,19+/m0/s1. The summed E-state index contributed by atoms with van der Waals surface area (Å²) in [6, 6.07) is 17.7. The van der Waals surface area contributed by atoms with Gasteiger partial charge in [0.25, 0.3) is 0 Å². The Morgan fingerprint density at radius 1 is 1.09 bits per heavy atom. The van der Waals surface area contributed by atoms with Crippen LogP contribution in [0.25, 0.3) is 0 Å². The normalized spacial score (nSPS) is 22.0. The van der Waals surface area contributed by atoms with Crippen molar-refractivity contribution in [2.24, 2.45) is 0 Å². The zero-order valence-corrected chi connectivity index (χ0v) is 13.8. The monoisotopic (exact) mass is 331 g/mol. The summed E-state index contributed by atoms with van der Waals surface area (Å²) >= 11 is 5.86. The summed E-state index contributed by atoms with van der Waals surface area (Å²) in [6.07, 6.45) is 0.660. The summed E-state index contributed by atoms with van der Waals surface area (Å²) < 4.78 is 5.73. The van der Waals surface area contributed by atoms with Crippen LogP contribution in [0, 0.1) is 0 Å². The van der Waals surface area contributed by atoms with Gasteiger partial charge in [-0.15, -0.1) is 0 Å². The van der Waals surface area contributed by atoms with Gasteiger partial charge >= 0.3 is 0 Å². The average Bonchev–Trinajstić information content (AvgIpc) is 2.58. The maximum atomic E-state index is 10.4. The molecule has 2 atom stereocenters. The molecule has 2 aromatic rings. The van der Waals surface area contributed by atoms with Crippen LogP contribution >= 0.6 is 11.6 Å². The fraction of sp³-hybridized carbons (Fsp3) is 0.368. The number of benzene rings is 2. The number of β-amino-alcohol motifs (C(OH)–C–C–N with tert-alkyl or cyclic N) is 1. The van der Waals surface area contributed by atoms with Gasteiger partial charge in [0.1, 0.15) is 12.4 Å². The van der Waals surface area contributed by atoms with Crippen molar-refractivity contribution in [3.63, 3.8) is 0 Å². The van der Waals surface area contributed by atoms with E-state index in [1.54, 1.807) is 0 Å². The van der Waals surface area contributed by atoms with Crippen LogP contribution in [0.1, 0.15) is 17.9 Å². The van der Waals surface area contributed by atoms with Gasteiger partial charge in [0.05, 0.1) is 6.10 Å². The zero-order valence-electron chi connectivity index (χ0n) is 13.1. The molecule has 3 nitrogen and oxygen atoms in total.